The van der Waals surface area contributed by atoms with E-state index in [0.717, 1.165) is 6.54 Å². The van der Waals surface area contributed by atoms with Gasteiger partial charge < -0.3 is 11.1 Å². The fourth-order valence-electron chi connectivity index (χ4n) is 2.72. The van der Waals surface area contributed by atoms with Gasteiger partial charge >= 0.3 is 0 Å². The first-order chi connectivity index (χ1) is 7.13. The van der Waals surface area contributed by atoms with Crippen molar-refractivity contribution in [2.24, 2.45) is 17.1 Å². The average molecular weight is 212 g/mol. The first-order valence-electron chi connectivity index (χ1n) is 6.57. The second-order valence-electron chi connectivity index (χ2n) is 5.53. The van der Waals surface area contributed by atoms with E-state index in [2.05, 4.69) is 26.1 Å². The van der Waals surface area contributed by atoms with Gasteiger partial charge in [0.25, 0.3) is 0 Å². The molecule has 1 aliphatic carbocycles. The number of nitrogens with two attached hydrogens (primary N) is 1. The molecule has 0 aromatic rings. The molecule has 15 heavy (non-hydrogen) atoms. The normalized spacial score (nSPS) is 22.2. The summed E-state index contributed by atoms with van der Waals surface area (Å²) < 4.78 is 0. The summed E-state index contributed by atoms with van der Waals surface area (Å²) in [6.07, 6.45) is 6.97. The predicted molar refractivity (Wildman–Crippen MR) is 66.9 cm³/mol. The van der Waals surface area contributed by atoms with E-state index >= 15 is 0 Å². The summed E-state index contributed by atoms with van der Waals surface area (Å²) in [5.74, 6) is 0.644. The Balaban J connectivity index is 2.39. The minimum Gasteiger partial charge on any atom is -0.329 e. The zero-order valence-electron chi connectivity index (χ0n) is 10.7. The molecule has 1 rings (SSSR count). The van der Waals surface area contributed by atoms with Crippen LogP contribution in [0, 0.1) is 11.3 Å². The lowest BCUT2D eigenvalue weighted by Crippen LogP contribution is -2.45. The minimum atomic E-state index is 0.494. The molecule has 0 spiro atoms. The maximum absolute atomic E-state index is 5.78. The lowest BCUT2D eigenvalue weighted by molar-refractivity contribution is 0.243. The zero-order valence-corrected chi connectivity index (χ0v) is 10.7. The highest BCUT2D eigenvalue weighted by Gasteiger charge is 2.32. The Hall–Kier alpha value is -0.0800. The molecular formula is C13H28N2. The molecule has 1 aliphatic rings. The fourth-order valence-corrected chi connectivity index (χ4v) is 2.72. The Kier molecular flexibility index (Phi) is 5.07. The molecule has 0 aromatic carbocycles. The Morgan fingerprint density at radius 1 is 1.27 bits per heavy atom. The van der Waals surface area contributed by atoms with Crippen molar-refractivity contribution in [2.75, 3.05) is 13.1 Å². The van der Waals surface area contributed by atoms with Crippen LogP contribution in [-0.4, -0.2) is 19.1 Å². The smallest absolute Gasteiger partial charge is 0.0213 e. The van der Waals surface area contributed by atoms with Gasteiger partial charge in [-0.25, -0.2) is 0 Å². The zero-order chi connectivity index (χ0) is 11.3. The summed E-state index contributed by atoms with van der Waals surface area (Å²) >= 11 is 0. The molecule has 0 amide bonds. The van der Waals surface area contributed by atoms with Crippen LogP contribution in [0.15, 0.2) is 0 Å². The van der Waals surface area contributed by atoms with Crippen molar-refractivity contribution in [1.82, 2.24) is 5.32 Å². The molecule has 90 valence electrons. The van der Waals surface area contributed by atoms with Crippen LogP contribution in [0.25, 0.3) is 0 Å². The van der Waals surface area contributed by atoms with Crippen LogP contribution in [0.2, 0.25) is 0 Å². The molecule has 0 bridgehead atoms. The standard InChI is InChI=1S/C13H28N2/c1-4-13(7-5-6-8-13)10-15-12(9-14)11(2)3/h11-12,15H,4-10,14H2,1-3H3. The quantitative estimate of drug-likeness (QED) is 0.710. The minimum absolute atomic E-state index is 0.494. The van der Waals surface area contributed by atoms with Crippen molar-refractivity contribution in [3.8, 4) is 0 Å². The van der Waals surface area contributed by atoms with Gasteiger partial charge in [-0.2, -0.15) is 0 Å². The molecule has 0 aromatic heterocycles. The Bertz CT molecular complexity index is 171. The topological polar surface area (TPSA) is 38.0 Å². The number of rotatable bonds is 6. The summed E-state index contributed by atoms with van der Waals surface area (Å²) in [5.41, 5.74) is 6.37. The Morgan fingerprint density at radius 3 is 2.27 bits per heavy atom. The van der Waals surface area contributed by atoms with Crippen LogP contribution in [0.3, 0.4) is 0 Å². The van der Waals surface area contributed by atoms with E-state index in [0.29, 0.717) is 17.4 Å². The van der Waals surface area contributed by atoms with Gasteiger partial charge in [-0.1, -0.05) is 33.6 Å². The molecule has 1 fully saturated rings. The average Bonchev–Trinajstić information content (AvgIpc) is 2.68. The predicted octanol–water partition coefficient (Wildman–Crippen LogP) is 2.53. The number of hydrogen-bond donors (Lipinski definition) is 2. The van der Waals surface area contributed by atoms with Gasteiger partial charge in [0.1, 0.15) is 0 Å². The van der Waals surface area contributed by atoms with E-state index in [1.54, 1.807) is 0 Å². The maximum Gasteiger partial charge on any atom is 0.0213 e. The molecule has 0 saturated heterocycles. The number of nitrogens with one attached hydrogen (secondary N) is 1. The van der Waals surface area contributed by atoms with Crippen molar-refractivity contribution in [1.29, 1.82) is 0 Å². The Labute approximate surface area is 95.0 Å². The molecule has 0 heterocycles. The third kappa shape index (κ3) is 3.46. The van der Waals surface area contributed by atoms with Crippen molar-refractivity contribution >= 4 is 0 Å². The van der Waals surface area contributed by atoms with Crippen LogP contribution in [0.1, 0.15) is 52.9 Å². The lowest BCUT2D eigenvalue weighted by atomic mass is 9.83. The molecular weight excluding hydrogens is 184 g/mol. The third-order valence-electron chi connectivity index (χ3n) is 4.21. The highest BCUT2D eigenvalue weighted by molar-refractivity contribution is 4.87. The van der Waals surface area contributed by atoms with Gasteiger partial charge in [0.2, 0.25) is 0 Å². The van der Waals surface area contributed by atoms with Crippen molar-refractivity contribution < 1.29 is 0 Å². The highest BCUT2D eigenvalue weighted by atomic mass is 14.9. The second kappa shape index (κ2) is 5.86. The monoisotopic (exact) mass is 212 g/mol. The van der Waals surface area contributed by atoms with Gasteiger partial charge in [0.05, 0.1) is 0 Å². The second-order valence-corrected chi connectivity index (χ2v) is 5.53. The molecule has 1 unspecified atom stereocenters. The van der Waals surface area contributed by atoms with Gasteiger partial charge in [0.15, 0.2) is 0 Å². The fraction of sp³-hybridized carbons (Fsp3) is 1.00. The van der Waals surface area contributed by atoms with Crippen LogP contribution in [0.5, 0.6) is 0 Å². The molecule has 1 atom stereocenters. The van der Waals surface area contributed by atoms with E-state index in [1.165, 1.54) is 38.6 Å². The molecule has 2 nitrogen and oxygen atoms in total. The molecule has 3 N–H and O–H groups in total. The van der Waals surface area contributed by atoms with Gasteiger partial charge in [0, 0.05) is 19.1 Å². The summed E-state index contributed by atoms with van der Waals surface area (Å²) in [7, 11) is 0. The molecule has 0 radical (unpaired) electrons. The van der Waals surface area contributed by atoms with E-state index in [4.69, 9.17) is 5.73 Å². The SMILES string of the molecule is CCC1(CNC(CN)C(C)C)CCCC1. The summed E-state index contributed by atoms with van der Waals surface area (Å²) in [6.45, 7) is 8.76. The van der Waals surface area contributed by atoms with Gasteiger partial charge in [-0.3, -0.25) is 0 Å². The lowest BCUT2D eigenvalue weighted by Gasteiger charge is -2.31. The van der Waals surface area contributed by atoms with Crippen molar-refractivity contribution in [3.05, 3.63) is 0 Å². The van der Waals surface area contributed by atoms with Crippen molar-refractivity contribution in [2.45, 2.75) is 58.9 Å². The van der Waals surface area contributed by atoms with Gasteiger partial charge in [-0.15, -0.1) is 0 Å². The Morgan fingerprint density at radius 2 is 1.87 bits per heavy atom. The highest BCUT2D eigenvalue weighted by Crippen LogP contribution is 2.40. The van der Waals surface area contributed by atoms with E-state index in [9.17, 15) is 0 Å². The first-order valence-corrected chi connectivity index (χ1v) is 6.57. The van der Waals surface area contributed by atoms with Crippen LogP contribution < -0.4 is 11.1 Å². The summed E-state index contributed by atoms with van der Waals surface area (Å²) in [4.78, 5) is 0. The van der Waals surface area contributed by atoms with Crippen molar-refractivity contribution in [3.63, 3.8) is 0 Å². The molecule has 1 saturated carbocycles. The largest absolute Gasteiger partial charge is 0.329 e. The summed E-state index contributed by atoms with van der Waals surface area (Å²) in [5, 5.41) is 3.68. The van der Waals surface area contributed by atoms with E-state index < -0.39 is 0 Å². The van der Waals surface area contributed by atoms with Crippen LogP contribution in [-0.2, 0) is 0 Å². The molecule has 2 heteroatoms. The maximum atomic E-state index is 5.78. The van der Waals surface area contributed by atoms with Crippen LogP contribution >= 0.6 is 0 Å². The van der Waals surface area contributed by atoms with E-state index in [1.807, 2.05) is 0 Å². The number of hydrogen-bond acceptors (Lipinski definition) is 2. The van der Waals surface area contributed by atoms with Crippen LogP contribution in [0.4, 0.5) is 0 Å². The molecule has 0 aliphatic heterocycles. The van der Waals surface area contributed by atoms with E-state index in [-0.39, 0.29) is 0 Å². The van der Waals surface area contributed by atoms with Gasteiger partial charge in [-0.05, 0) is 30.6 Å². The third-order valence-corrected chi connectivity index (χ3v) is 4.21. The summed E-state index contributed by atoms with van der Waals surface area (Å²) in [6, 6.07) is 0.494. The first kappa shape index (κ1) is 13.0.